The Kier molecular flexibility index (Phi) is 1.71. The van der Waals surface area contributed by atoms with Gasteiger partial charge < -0.3 is 0 Å². The van der Waals surface area contributed by atoms with Gasteiger partial charge >= 0.3 is 0 Å². The molecule has 0 heteroatoms. The average molecular weight is 180 g/mol. The van der Waals surface area contributed by atoms with Crippen LogP contribution in [-0.4, -0.2) is 0 Å². The molecule has 6 atom stereocenters. The van der Waals surface area contributed by atoms with Crippen LogP contribution >= 0.6 is 0 Å². The monoisotopic (exact) mass is 180 g/mol. The van der Waals surface area contributed by atoms with Crippen LogP contribution in [0, 0.1) is 34.5 Å². The minimum Gasteiger partial charge on any atom is -0.0651 e. The third-order valence-electron chi connectivity index (χ3n) is 6.56. The van der Waals surface area contributed by atoms with Crippen molar-refractivity contribution in [2.75, 3.05) is 0 Å². The lowest BCUT2D eigenvalue weighted by Crippen LogP contribution is -2.76. The third-order valence-corrected chi connectivity index (χ3v) is 6.56. The van der Waals surface area contributed by atoms with Crippen LogP contribution in [0.5, 0.6) is 0 Å². The number of hydrogen-bond acceptors (Lipinski definition) is 0. The van der Waals surface area contributed by atoms with Gasteiger partial charge in [-0.2, -0.15) is 0 Å². The highest BCUT2D eigenvalue weighted by Gasteiger charge is 2.76. The molecule has 0 N–H and O–H groups in total. The summed E-state index contributed by atoms with van der Waals surface area (Å²) in [5.74, 6) is 3.83. The van der Waals surface area contributed by atoms with Gasteiger partial charge in [-0.15, -0.1) is 0 Å². The van der Waals surface area contributed by atoms with E-state index in [-0.39, 0.29) is 0 Å². The van der Waals surface area contributed by atoms with Crippen molar-refractivity contribution in [3.8, 4) is 0 Å². The summed E-state index contributed by atoms with van der Waals surface area (Å²) < 4.78 is 0. The lowest BCUT2D eigenvalue weighted by Gasteiger charge is -2.81. The molecule has 2 aliphatic carbocycles. The summed E-state index contributed by atoms with van der Waals surface area (Å²) in [4.78, 5) is 0. The molecule has 0 bridgehead atoms. The van der Waals surface area contributed by atoms with E-state index >= 15 is 0 Å². The van der Waals surface area contributed by atoms with E-state index in [1.807, 2.05) is 0 Å². The summed E-state index contributed by atoms with van der Waals surface area (Å²) >= 11 is 0. The first-order chi connectivity index (χ1) is 5.92. The fourth-order valence-electron chi connectivity index (χ4n) is 5.18. The molecule has 2 rings (SSSR count). The highest BCUT2D eigenvalue weighted by atomic mass is 14.8. The summed E-state index contributed by atoms with van der Waals surface area (Å²) in [5.41, 5.74) is 1.33. The average Bonchev–Trinajstić information content (AvgIpc) is 2.14. The summed E-state index contributed by atoms with van der Waals surface area (Å²) in [5, 5.41) is 0. The third kappa shape index (κ3) is 0.649. The van der Waals surface area contributed by atoms with Crippen molar-refractivity contribution in [3.05, 3.63) is 0 Å². The zero-order chi connectivity index (χ0) is 10.0. The molecule has 0 heterocycles. The Bertz CT molecular complexity index is 232. The van der Waals surface area contributed by atoms with Crippen LogP contribution < -0.4 is 0 Å². The van der Waals surface area contributed by atoms with E-state index in [0.717, 1.165) is 23.7 Å². The summed E-state index contributed by atoms with van der Waals surface area (Å²) in [6.45, 7) is 14.8. The van der Waals surface area contributed by atoms with Gasteiger partial charge in [0, 0.05) is 0 Å². The van der Waals surface area contributed by atoms with Crippen LogP contribution in [0.1, 0.15) is 48.0 Å². The van der Waals surface area contributed by atoms with Gasteiger partial charge in [-0.05, 0) is 34.5 Å². The lowest BCUT2D eigenvalue weighted by molar-refractivity contribution is -0.338. The van der Waals surface area contributed by atoms with Crippen molar-refractivity contribution in [2.24, 2.45) is 34.5 Å². The molecule has 2 aliphatic rings. The van der Waals surface area contributed by atoms with Gasteiger partial charge in [-0.25, -0.2) is 0 Å². The van der Waals surface area contributed by atoms with E-state index in [0.29, 0.717) is 10.8 Å². The number of rotatable bonds is 1. The van der Waals surface area contributed by atoms with Gasteiger partial charge in [-0.3, -0.25) is 0 Å². The molecule has 6 unspecified atom stereocenters. The maximum absolute atomic E-state index is 2.53. The first-order valence-electron chi connectivity index (χ1n) is 5.92. The molecule has 2 fully saturated rings. The maximum Gasteiger partial charge on any atom is -0.0207 e. The molecule has 76 valence electrons. The highest BCUT2D eigenvalue weighted by Crippen LogP contribution is 2.81. The standard InChI is InChI=1S/C13H24/c1-7-11-10(4)12(5)8(2)9(3)13(11,12)6/h8-11H,7H2,1-6H3. The normalized spacial score (nSPS) is 65.1. The highest BCUT2D eigenvalue weighted by molar-refractivity contribution is 5.23. The van der Waals surface area contributed by atoms with E-state index in [9.17, 15) is 0 Å². The second-order valence-corrected chi connectivity index (χ2v) is 5.95. The van der Waals surface area contributed by atoms with E-state index < -0.39 is 0 Å². The van der Waals surface area contributed by atoms with Gasteiger partial charge in [-0.1, -0.05) is 48.0 Å². The Hall–Kier alpha value is 0. The number of fused-ring (bicyclic) bond motifs is 1. The molecule has 2 saturated carbocycles. The van der Waals surface area contributed by atoms with Crippen LogP contribution in [0.4, 0.5) is 0 Å². The Balaban J connectivity index is 2.30. The van der Waals surface area contributed by atoms with Crippen LogP contribution in [0.15, 0.2) is 0 Å². The fourth-order valence-corrected chi connectivity index (χ4v) is 5.18. The number of hydrogen-bond donors (Lipinski definition) is 0. The predicted octanol–water partition coefficient (Wildman–Crippen LogP) is 3.96. The van der Waals surface area contributed by atoms with Gasteiger partial charge in [0.1, 0.15) is 0 Å². The molecule has 0 radical (unpaired) electrons. The minimum absolute atomic E-state index is 0.660. The quantitative estimate of drug-likeness (QED) is 0.573. The lowest BCUT2D eigenvalue weighted by atomic mass is 9.23. The molecule has 0 nitrogen and oxygen atoms in total. The molecule has 0 amide bonds. The second-order valence-electron chi connectivity index (χ2n) is 5.95. The van der Waals surface area contributed by atoms with Crippen molar-refractivity contribution in [1.29, 1.82) is 0 Å². The van der Waals surface area contributed by atoms with Crippen LogP contribution in [0.2, 0.25) is 0 Å². The van der Waals surface area contributed by atoms with Crippen molar-refractivity contribution in [3.63, 3.8) is 0 Å². The predicted molar refractivity (Wildman–Crippen MR) is 57.5 cm³/mol. The first kappa shape index (κ1) is 9.55. The maximum atomic E-state index is 2.53. The van der Waals surface area contributed by atoms with Crippen molar-refractivity contribution in [1.82, 2.24) is 0 Å². The molecule has 0 aromatic carbocycles. The van der Waals surface area contributed by atoms with Crippen molar-refractivity contribution in [2.45, 2.75) is 48.0 Å². The fraction of sp³-hybridized carbons (Fsp3) is 1.00. The molecular weight excluding hydrogens is 156 g/mol. The molecule has 0 spiro atoms. The topological polar surface area (TPSA) is 0 Å². The SMILES string of the molecule is CCC1C(C)C2(C)C(C)C(C)C12C. The molecule has 0 aromatic heterocycles. The van der Waals surface area contributed by atoms with E-state index in [1.54, 1.807) is 0 Å². The van der Waals surface area contributed by atoms with E-state index in [1.165, 1.54) is 6.42 Å². The second kappa shape index (κ2) is 2.32. The Morgan fingerprint density at radius 2 is 1.31 bits per heavy atom. The minimum atomic E-state index is 0.660. The van der Waals surface area contributed by atoms with Crippen LogP contribution in [0.25, 0.3) is 0 Å². The zero-order valence-electron chi connectivity index (χ0n) is 10.0. The van der Waals surface area contributed by atoms with Gasteiger partial charge in [0.05, 0.1) is 0 Å². The van der Waals surface area contributed by atoms with E-state index in [4.69, 9.17) is 0 Å². The summed E-state index contributed by atoms with van der Waals surface area (Å²) in [6, 6.07) is 0. The molecular formula is C13H24. The smallest absolute Gasteiger partial charge is 0.0207 e. The molecule has 0 saturated heterocycles. The zero-order valence-corrected chi connectivity index (χ0v) is 10.0. The van der Waals surface area contributed by atoms with Gasteiger partial charge in [0.25, 0.3) is 0 Å². The van der Waals surface area contributed by atoms with Crippen LogP contribution in [0.3, 0.4) is 0 Å². The molecule has 0 aromatic rings. The first-order valence-corrected chi connectivity index (χ1v) is 5.92. The van der Waals surface area contributed by atoms with Crippen molar-refractivity contribution >= 4 is 0 Å². The Morgan fingerprint density at radius 3 is 1.77 bits per heavy atom. The summed E-state index contributed by atoms with van der Waals surface area (Å²) in [6.07, 6.45) is 1.38. The largest absolute Gasteiger partial charge is 0.0651 e. The van der Waals surface area contributed by atoms with Gasteiger partial charge in [0.15, 0.2) is 0 Å². The molecule has 13 heavy (non-hydrogen) atoms. The van der Waals surface area contributed by atoms with Crippen LogP contribution in [-0.2, 0) is 0 Å². The Morgan fingerprint density at radius 1 is 0.846 bits per heavy atom. The van der Waals surface area contributed by atoms with Gasteiger partial charge in [0.2, 0.25) is 0 Å². The Labute approximate surface area is 83.1 Å². The summed E-state index contributed by atoms with van der Waals surface area (Å²) in [7, 11) is 0. The van der Waals surface area contributed by atoms with Crippen molar-refractivity contribution < 1.29 is 0 Å². The molecule has 0 aliphatic heterocycles. The van der Waals surface area contributed by atoms with E-state index in [2.05, 4.69) is 41.5 Å².